The second-order valence-corrected chi connectivity index (χ2v) is 15.3. The molecule has 3 N–H and O–H groups in total. The zero-order chi connectivity index (χ0) is 38.5. The van der Waals surface area contributed by atoms with Gasteiger partial charge in [0.05, 0.1) is 17.4 Å². The first-order valence-corrected chi connectivity index (χ1v) is 19.6. The lowest BCUT2D eigenvalue weighted by molar-refractivity contribution is 0.0980. The van der Waals surface area contributed by atoms with Crippen molar-refractivity contribution in [1.82, 2.24) is 34.9 Å². The van der Waals surface area contributed by atoms with E-state index in [4.69, 9.17) is 4.98 Å². The van der Waals surface area contributed by atoms with Crippen molar-refractivity contribution in [3.05, 3.63) is 105 Å². The van der Waals surface area contributed by atoms with Gasteiger partial charge in [-0.05, 0) is 86.1 Å². The molecule has 0 unspecified atom stereocenters. The molecule has 2 aliphatic carbocycles. The summed E-state index contributed by atoms with van der Waals surface area (Å²) in [6, 6.07) is 15.2. The molecule has 1 aliphatic heterocycles. The van der Waals surface area contributed by atoms with Crippen molar-refractivity contribution in [2.45, 2.75) is 71.4 Å². The number of aromatic nitrogens is 5. The predicted octanol–water partition coefficient (Wildman–Crippen LogP) is 7.19. The molecule has 5 heterocycles. The molecule has 56 heavy (non-hydrogen) atoms. The van der Waals surface area contributed by atoms with Gasteiger partial charge < -0.3 is 15.2 Å². The zero-order valence-corrected chi connectivity index (χ0v) is 31.6. The third-order valence-electron chi connectivity index (χ3n) is 11.7. The van der Waals surface area contributed by atoms with Crippen LogP contribution in [0.4, 0.5) is 21.8 Å². The minimum atomic E-state index is -0.393. The van der Waals surface area contributed by atoms with Gasteiger partial charge in [-0.3, -0.25) is 24.4 Å². The molecule has 2 aromatic carbocycles. The topological polar surface area (TPSA) is 141 Å². The number of aryl methyl sites for hydroxylation is 2. The number of hydrazine groups is 1. The molecule has 0 radical (unpaired) electrons. The van der Waals surface area contributed by atoms with Crippen molar-refractivity contribution in [3.63, 3.8) is 0 Å². The summed E-state index contributed by atoms with van der Waals surface area (Å²) in [6.45, 7) is 7.28. The van der Waals surface area contributed by atoms with Gasteiger partial charge in [-0.1, -0.05) is 37.1 Å². The highest BCUT2D eigenvalue weighted by atomic mass is 19.1. The Kier molecular flexibility index (Phi) is 9.42. The molecule has 0 atom stereocenters. The van der Waals surface area contributed by atoms with Crippen molar-refractivity contribution in [2.24, 2.45) is 0 Å². The van der Waals surface area contributed by atoms with Crippen LogP contribution in [0.15, 0.2) is 65.7 Å². The number of aromatic amines is 1. The highest BCUT2D eigenvalue weighted by molar-refractivity contribution is 6.11. The minimum Gasteiger partial charge on any atom is -0.368 e. The van der Waals surface area contributed by atoms with Crippen LogP contribution in [0.1, 0.15) is 88.9 Å². The van der Waals surface area contributed by atoms with E-state index in [1.165, 1.54) is 19.1 Å². The molecule has 2 fully saturated rings. The third-order valence-corrected chi connectivity index (χ3v) is 11.7. The summed E-state index contributed by atoms with van der Waals surface area (Å²) < 4.78 is 16.1. The number of Topliss-reactive ketones (excluding diaryl/α,β-unsaturated/α-hetero) is 2. The maximum Gasteiger partial charge on any atom is 0.263 e. The van der Waals surface area contributed by atoms with Gasteiger partial charge >= 0.3 is 0 Å². The molecule has 6 aromatic rings. The number of halogens is 1. The normalized spacial score (nSPS) is 16.6. The Hall–Kier alpha value is -5.79. The molecule has 0 spiro atoms. The highest BCUT2D eigenvalue weighted by Gasteiger charge is 2.27. The van der Waals surface area contributed by atoms with E-state index in [1.54, 1.807) is 17.7 Å². The maximum atomic E-state index is 14.4. The molecule has 0 bridgehead atoms. The van der Waals surface area contributed by atoms with Gasteiger partial charge in [0.15, 0.2) is 11.6 Å². The number of ketones is 2. The number of piperazine rings is 1. The van der Waals surface area contributed by atoms with E-state index < -0.39 is 5.82 Å². The molecule has 0 amide bonds. The summed E-state index contributed by atoms with van der Waals surface area (Å²) in [7, 11) is 0. The summed E-state index contributed by atoms with van der Waals surface area (Å²) in [5.41, 5.74) is 11.1. The quantitative estimate of drug-likeness (QED) is 0.130. The zero-order valence-electron chi connectivity index (χ0n) is 31.6. The number of rotatable bonds is 9. The summed E-state index contributed by atoms with van der Waals surface area (Å²) >= 11 is 0. The largest absolute Gasteiger partial charge is 0.368 e. The molecule has 9 rings (SSSR count). The van der Waals surface area contributed by atoms with Crippen molar-refractivity contribution < 1.29 is 14.0 Å². The highest BCUT2D eigenvalue weighted by Crippen LogP contribution is 2.37. The Morgan fingerprint density at radius 3 is 2.46 bits per heavy atom. The number of hydrogen-bond acceptors (Lipinski definition) is 10. The first-order chi connectivity index (χ1) is 27.2. The van der Waals surface area contributed by atoms with Gasteiger partial charge in [0.1, 0.15) is 17.3 Å². The van der Waals surface area contributed by atoms with Crippen LogP contribution in [-0.4, -0.2) is 67.3 Å². The average molecular weight is 754 g/mol. The maximum absolute atomic E-state index is 14.4. The Bertz CT molecular complexity index is 2550. The van der Waals surface area contributed by atoms with E-state index >= 15 is 0 Å². The SMILES string of the molecule is CC(=O)c1c(C)c2cnc(Nc3ccc(N4CCN(NCc5ccc(-c6[nH]c7cc(F)cc8c7c6CCCC8=O)cc5)CC4)cn3)nc2n(C2CCCC2)c1=O. The number of hydrogen-bond donors (Lipinski definition) is 3. The lowest BCUT2D eigenvalue weighted by Gasteiger charge is -2.36. The summed E-state index contributed by atoms with van der Waals surface area (Å²) in [4.78, 5) is 58.4. The smallest absolute Gasteiger partial charge is 0.263 e. The number of anilines is 3. The monoisotopic (exact) mass is 753 g/mol. The van der Waals surface area contributed by atoms with Gasteiger partial charge in [-0.15, -0.1) is 0 Å². The fraction of sp³-hybridized carbons (Fsp3) is 0.349. The number of pyridine rings is 2. The standard InChI is InChI=1S/C43H44FN9O3/c1-25-34-24-46-43(50-41(34)53(30-6-3-4-7-30)42(56)38(25)26(2)54)49-37-15-14-31(23-45-37)51-16-18-52(19-17-51)47-22-27-10-12-28(13-11-27)40-32-8-5-9-36(55)33-20-29(44)21-35(48-40)39(32)33/h10-15,20-21,23-24,30,47-48H,3-9,16-19,22H2,1-2H3,(H,45,46,49,50). The van der Waals surface area contributed by atoms with Crippen LogP contribution in [0.3, 0.4) is 0 Å². The molecular formula is C43H44FN9O3. The Labute approximate surface area is 323 Å². The van der Waals surface area contributed by atoms with Crippen LogP contribution in [0.2, 0.25) is 0 Å². The van der Waals surface area contributed by atoms with E-state index in [0.29, 0.717) is 52.4 Å². The fourth-order valence-corrected chi connectivity index (χ4v) is 8.83. The van der Waals surface area contributed by atoms with E-state index in [0.717, 1.165) is 98.2 Å². The second-order valence-electron chi connectivity index (χ2n) is 15.3. The van der Waals surface area contributed by atoms with Crippen LogP contribution in [0.5, 0.6) is 0 Å². The van der Waals surface area contributed by atoms with Gasteiger partial charge in [-0.2, -0.15) is 4.98 Å². The van der Waals surface area contributed by atoms with E-state index in [1.807, 2.05) is 18.3 Å². The molecule has 13 heteroatoms. The molecule has 3 aliphatic rings. The first-order valence-electron chi connectivity index (χ1n) is 19.6. The van der Waals surface area contributed by atoms with E-state index in [2.05, 4.69) is 59.9 Å². The number of H-pyrrole nitrogens is 1. The summed E-state index contributed by atoms with van der Waals surface area (Å²) in [5.74, 6) is 0.317. The second kappa shape index (κ2) is 14.7. The lowest BCUT2D eigenvalue weighted by atomic mass is 9.99. The third kappa shape index (κ3) is 6.64. The van der Waals surface area contributed by atoms with Crippen LogP contribution in [-0.2, 0) is 13.0 Å². The first kappa shape index (κ1) is 35.9. The number of nitrogens with one attached hydrogen (secondary N) is 3. The Morgan fingerprint density at radius 2 is 1.73 bits per heavy atom. The van der Waals surface area contributed by atoms with Crippen LogP contribution in [0, 0.1) is 12.7 Å². The van der Waals surface area contributed by atoms with Crippen LogP contribution < -0.4 is 21.2 Å². The number of carbonyl (C=O) groups excluding carboxylic acids is 2. The molecule has 1 saturated carbocycles. The number of benzene rings is 2. The molecule has 1 saturated heterocycles. The molecule has 286 valence electrons. The lowest BCUT2D eigenvalue weighted by Crippen LogP contribution is -2.51. The van der Waals surface area contributed by atoms with Crippen molar-refractivity contribution in [3.8, 4) is 11.3 Å². The average Bonchev–Trinajstić information content (AvgIpc) is 3.82. The summed E-state index contributed by atoms with van der Waals surface area (Å²) in [6.07, 6.45) is 9.37. The number of carbonyl (C=O) groups is 2. The number of fused-ring (bicyclic) bond motifs is 1. The molecule has 4 aromatic heterocycles. The predicted molar refractivity (Wildman–Crippen MR) is 215 cm³/mol. The Balaban J connectivity index is 0.818. The number of nitrogens with zero attached hydrogens (tertiary/aromatic N) is 6. The van der Waals surface area contributed by atoms with Gasteiger partial charge in [-0.25, -0.2) is 19.4 Å². The van der Waals surface area contributed by atoms with Gasteiger partial charge in [0.2, 0.25) is 5.95 Å². The van der Waals surface area contributed by atoms with Gasteiger partial charge in [0.25, 0.3) is 5.56 Å². The Morgan fingerprint density at radius 1 is 0.946 bits per heavy atom. The van der Waals surface area contributed by atoms with Crippen LogP contribution in [0.25, 0.3) is 33.2 Å². The summed E-state index contributed by atoms with van der Waals surface area (Å²) in [5, 5.41) is 7.03. The minimum absolute atomic E-state index is 0.00715. The fourth-order valence-electron chi connectivity index (χ4n) is 8.83. The van der Waals surface area contributed by atoms with Crippen LogP contribution >= 0.6 is 0 Å². The van der Waals surface area contributed by atoms with Crippen molar-refractivity contribution in [2.75, 3.05) is 36.4 Å². The van der Waals surface area contributed by atoms with Gasteiger partial charge in [0, 0.05) is 78.9 Å². The van der Waals surface area contributed by atoms with E-state index in [-0.39, 0.29) is 28.7 Å². The van der Waals surface area contributed by atoms with E-state index in [9.17, 15) is 18.8 Å². The van der Waals surface area contributed by atoms with Crippen molar-refractivity contribution in [1.29, 1.82) is 0 Å². The molecule has 12 nitrogen and oxygen atoms in total. The molecular weight excluding hydrogens is 710 g/mol. The van der Waals surface area contributed by atoms with Crippen molar-refractivity contribution >= 4 is 51.0 Å².